The number of hydrogen-bond donors (Lipinski definition) is 2. The summed E-state index contributed by atoms with van der Waals surface area (Å²) in [6, 6.07) is 2.99. The number of nitrogens with one attached hydrogen (secondary N) is 1. The van der Waals surface area contributed by atoms with Crippen LogP contribution in [0.1, 0.15) is 90.2 Å². The molecule has 2 unspecified atom stereocenters. The average molecular weight is 572 g/mol. The third kappa shape index (κ3) is 11.1. The molecule has 2 N–H and O–H groups in total. The van der Waals surface area contributed by atoms with E-state index in [1.165, 1.54) is 18.3 Å². The van der Waals surface area contributed by atoms with E-state index in [0.717, 1.165) is 74.0 Å². The lowest BCUT2D eigenvalue weighted by Crippen LogP contribution is -2.42. The van der Waals surface area contributed by atoms with E-state index in [1.807, 2.05) is 25.3 Å². The van der Waals surface area contributed by atoms with Gasteiger partial charge in [-0.3, -0.25) is 4.79 Å². The molecule has 1 heterocycles. The van der Waals surface area contributed by atoms with Gasteiger partial charge in [0.05, 0.1) is 7.11 Å². The lowest BCUT2D eigenvalue weighted by Gasteiger charge is -2.36. The van der Waals surface area contributed by atoms with E-state index in [2.05, 4.69) is 38.2 Å². The van der Waals surface area contributed by atoms with Crippen molar-refractivity contribution in [2.24, 2.45) is 0 Å². The van der Waals surface area contributed by atoms with Gasteiger partial charge in [-0.05, 0) is 128 Å². The maximum atomic E-state index is 12.5. The molecule has 1 amide bonds. The zero-order valence-electron chi connectivity index (χ0n) is 25.5. The SMILES string of the molecule is COC(=O)C(CCSC)NC(=O)/C(C)=C/CC/C(C)=C/CC/C(C)=C/CCC1(C)CCc2cc(O)cc(C)c2O1. The molecule has 1 aromatic rings. The highest BCUT2D eigenvalue weighted by Gasteiger charge is 2.32. The van der Waals surface area contributed by atoms with E-state index in [9.17, 15) is 14.7 Å². The lowest BCUT2D eigenvalue weighted by molar-refractivity contribution is -0.144. The van der Waals surface area contributed by atoms with Crippen molar-refractivity contribution < 1.29 is 24.2 Å². The van der Waals surface area contributed by atoms with Crippen LogP contribution >= 0.6 is 11.8 Å². The minimum Gasteiger partial charge on any atom is -0.508 e. The Labute approximate surface area is 245 Å². The molecule has 0 bridgehead atoms. The highest BCUT2D eigenvalue weighted by molar-refractivity contribution is 7.98. The summed E-state index contributed by atoms with van der Waals surface area (Å²) in [6.45, 7) is 10.3. The molecule has 2 rings (SSSR count). The number of phenols is 1. The molecule has 0 saturated heterocycles. The molecule has 7 heteroatoms. The van der Waals surface area contributed by atoms with E-state index < -0.39 is 12.0 Å². The van der Waals surface area contributed by atoms with Crippen LogP contribution in [-0.4, -0.2) is 47.7 Å². The number of thioether (sulfide) groups is 1. The number of carbonyl (C=O) groups excluding carboxylic acids is 2. The van der Waals surface area contributed by atoms with Gasteiger partial charge in [0.2, 0.25) is 5.91 Å². The second-order valence-corrected chi connectivity index (χ2v) is 12.2. The van der Waals surface area contributed by atoms with Crippen LogP contribution in [0.3, 0.4) is 0 Å². The quantitative estimate of drug-likeness (QED) is 0.130. The van der Waals surface area contributed by atoms with Gasteiger partial charge >= 0.3 is 5.97 Å². The number of ether oxygens (including phenoxy) is 2. The number of carbonyl (C=O) groups is 2. The molecule has 40 heavy (non-hydrogen) atoms. The number of aryl methyl sites for hydroxylation is 2. The van der Waals surface area contributed by atoms with Gasteiger partial charge in [-0.2, -0.15) is 11.8 Å². The van der Waals surface area contributed by atoms with E-state index in [0.29, 0.717) is 17.7 Å². The summed E-state index contributed by atoms with van der Waals surface area (Å²) in [5, 5.41) is 12.7. The van der Waals surface area contributed by atoms with Crippen molar-refractivity contribution >= 4 is 23.6 Å². The van der Waals surface area contributed by atoms with Crippen molar-refractivity contribution in [3.63, 3.8) is 0 Å². The van der Waals surface area contributed by atoms with Crippen LogP contribution in [-0.2, 0) is 20.7 Å². The Balaban J connectivity index is 1.74. The van der Waals surface area contributed by atoms with Gasteiger partial charge < -0.3 is 19.9 Å². The summed E-state index contributed by atoms with van der Waals surface area (Å²) < 4.78 is 11.2. The number of aromatic hydroxyl groups is 1. The molecule has 2 atom stereocenters. The molecule has 0 fully saturated rings. The first kappa shape index (κ1) is 33.5. The van der Waals surface area contributed by atoms with Crippen molar-refractivity contribution in [2.45, 2.75) is 104 Å². The monoisotopic (exact) mass is 571 g/mol. The fourth-order valence-corrected chi connectivity index (χ4v) is 5.38. The van der Waals surface area contributed by atoms with E-state index in [4.69, 9.17) is 9.47 Å². The summed E-state index contributed by atoms with van der Waals surface area (Å²) in [7, 11) is 1.34. The second kappa shape index (κ2) is 16.6. The summed E-state index contributed by atoms with van der Waals surface area (Å²) in [4.78, 5) is 24.5. The molecule has 1 aliphatic rings. The number of fused-ring (bicyclic) bond motifs is 1. The summed E-state index contributed by atoms with van der Waals surface area (Å²) in [5.74, 6) is 1.40. The fourth-order valence-electron chi connectivity index (χ4n) is 4.91. The van der Waals surface area contributed by atoms with Gasteiger partial charge in [-0.15, -0.1) is 0 Å². The van der Waals surface area contributed by atoms with Crippen LogP contribution in [0.4, 0.5) is 0 Å². The van der Waals surface area contributed by atoms with Crippen LogP contribution in [0.25, 0.3) is 0 Å². The Bertz CT molecular complexity index is 1110. The largest absolute Gasteiger partial charge is 0.508 e. The van der Waals surface area contributed by atoms with Crippen molar-refractivity contribution in [2.75, 3.05) is 19.1 Å². The Kier molecular flexibility index (Phi) is 13.9. The number of benzene rings is 1. The maximum absolute atomic E-state index is 12.5. The summed E-state index contributed by atoms with van der Waals surface area (Å²) in [5.41, 5.74) is 5.24. The zero-order valence-corrected chi connectivity index (χ0v) is 26.3. The molecule has 0 spiro atoms. The Morgan fingerprint density at radius 1 is 1.12 bits per heavy atom. The van der Waals surface area contributed by atoms with E-state index >= 15 is 0 Å². The number of hydrogen-bond acceptors (Lipinski definition) is 6. The Morgan fingerprint density at radius 3 is 2.42 bits per heavy atom. The molecule has 222 valence electrons. The Hall–Kier alpha value is -2.67. The highest BCUT2D eigenvalue weighted by atomic mass is 32.2. The summed E-state index contributed by atoms with van der Waals surface area (Å²) in [6.07, 6.45) is 16.6. The second-order valence-electron chi connectivity index (χ2n) is 11.2. The molecule has 1 aliphatic heterocycles. The van der Waals surface area contributed by atoms with Crippen LogP contribution in [0.5, 0.6) is 11.5 Å². The van der Waals surface area contributed by atoms with Crippen molar-refractivity contribution in [3.8, 4) is 11.5 Å². The number of allylic oxidation sites excluding steroid dienone is 5. The Morgan fingerprint density at radius 2 is 1.77 bits per heavy atom. The van der Waals surface area contributed by atoms with Gasteiger partial charge in [-0.1, -0.05) is 29.4 Å². The van der Waals surface area contributed by atoms with Gasteiger partial charge in [0.15, 0.2) is 0 Å². The maximum Gasteiger partial charge on any atom is 0.328 e. The van der Waals surface area contributed by atoms with Gasteiger partial charge in [0, 0.05) is 5.57 Å². The van der Waals surface area contributed by atoms with Gasteiger partial charge in [0.25, 0.3) is 0 Å². The zero-order chi connectivity index (χ0) is 29.7. The average Bonchev–Trinajstić information content (AvgIpc) is 2.90. The standard InChI is InChI=1S/C33H49NO5S/c1-23(13-9-15-25(3)31(36)34-29(17-20-40-7)32(37)38-6)11-8-12-24(2)14-10-18-33(5)19-16-27-22-28(35)21-26(4)30(27)39-33/h11,14-15,21-22,29,35H,8-10,12-13,16-20H2,1-7H3,(H,34,36)/b23-11+,24-14+,25-15+. The van der Waals surface area contributed by atoms with Crippen molar-refractivity contribution in [3.05, 3.63) is 58.2 Å². The molecule has 0 aliphatic carbocycles. The van der Waals surface area contributed by atoms with Crippen LogP contribution in [0.15, 0.2) is 47.1 Å². The molecular formula is C33H49NO5S. The first-order valence-electron chi connectivity index (χ1n) is 14.3. The first-order chi connectivity index (χ1) is 19.0. The highest BCUT2D eigenvalue weighted by Crippen LogP contribution is 2.39. The molecular weight excluding hydrogens is 522 g/mol. The van der Waals surface area contributed by atoms with Crippen LogP contribution in [0, 0.1) is 6.92 Å². The van der Waals surface area contributed by atoms with E-state index in [-0.39, 0.29) is 11.5 Å². The van der Waals surface area contributed by atoms with Crippen LogP contribution < -0.4 is 10.1 Å². The lowest BCUT2D eigenvalue weighted by atomic mass is 9.87. The number of amides is 1. The molecule has 0 aromatic heterocycles. The van der Waals surface area contributed by atoms with Crippen molar-refractivity contribution in [1.82, 2.24) is 5.32 Å². The third-order valence-electron chi connectivity index (χ3n) is 7.55. The summed E-state index contributed by atoms with van der Waals surface area (Å²) >= 11 is 1.63. The fraction of sp³-hybridized carbons (Fsp3) is 0.576. The van der Waals surface area contributed by atoms with Crippen molar-refractivity contribution in [1.29, 1.82) is 0 Å². The molecule has 0 saturated carbocycles. The first-order valence-corrected chi connectivity index (χ1v) is 15.7. The predicted octanol–water partition coefficient (Wildman–Crippen LogP) is 7.37. The smallest absolute Gasteiger partial charge is 0.328 e. The number of esters is 1. The number of phenolic OH excluding ortho intramolecular Hbond substituents is 1. The molecule has 6 nitrogen and oxygen atoms in total. The number of rotatable bonds is 15. The van der Waals surface area contributed by atoms with Crippen LogP contribution in [0.2, 0.25) is 0 Å². The van der Waals surface area contributed by atoms with E-state index in [1.54, 1.807) is 24.8 Å². The number of methoxy groups -OCH3 is 1. The minimum atomic E-state index is -0.611. The minimum absolute atomic E-state index is 0.181. The molecule has 1 aromatic carbocycles. The third-order valence-corrected chi connectivity index (χ3v) is 8.20. The predicted molar refractivity (Wildman–Crippen MR) is 166 cm³/mol. The topological polar surface area (TPSA) is 84.9 Å². The normalized spacial score (nSPS) is 18.5. The molecule has 0 radical (unpaired) electrons. The van der Waals surface area contributed by atoms with Gasteiger partial charge in [0.1, 0.15) is 23.1 Å². The van der Waals surface area contributed by atoms with Gasteiger partial charge in [-0.25, -0.2) is 4.79 Å².